The van der Waals surface area contributed by atoms with Crippen LogP contribution in [0.15, 0.2) is 35.2 Å². The predicted molar refractivity (Wildman–Crippen MR) is 76.8 cm³/mol. The van der Waals surface area contributed by atoms with Crippen LogP contribution in [0.5, 0.6) is 0 Å². The normalized spacial score (nSPS) is 12.5. The Bertz CT molecular complexity index is 714. The van der Waals surface area contributed by atoms with Crippen molar-refractivity contribution in [2.45, 2.75) is 24.8 Å². The van der Waals surface area contributed by atoms with Gasteiger partial charge in [-0.25, -0.2) is 13.4 Å². The molecule has 1 aromatic carbocycles. The van der Waals surface area contributed by atoms with E-state index in [1.54, 1.807) is 37.4 Å². The number of aromatic nitrogens is 1. The first-order chi connectivity index (χ1) is 8.82. The Hall–Kier alpha value is -1.17. The second-order valence-corrected chi connectivity index (χ2v) is 6.99. The minimum atomic E-state index is -3.47. The van der Waals surface area contributed by atoms with Crippen LogP contribution in [0.1, 0.15) is 13.8 Å². The molecule has 19 heavy (non-hydrogen) atoms. The van der Waals surface area contributed by atoms with E-state index in [-0.39, 0.29) is 10.9 Å². The van der Waals surface area contributed by atoms with Crippen molar-refractivity contribution in [3.05, 3.63) is 35.5 Å². The summed E-state index contributed by atoms with van der Waals surface area (Å²) in [7, 11) is -1.89. The monoisotopic (exact) mass is 298 g/mol. The van der Waals surface area contributed by atoms with Gasteiger partial charge in [0.25, 0.3) is 0 Å². The Kier molecular flexibility index (Phi) is 3.80. The summed E-state index contributed by atoms with van der Waals surface area (Å²) < 4.78 is 26.1. The zero-order chi connectivity index (χ0) is 14.2. The summed E-state index contributed by atoms with van der Waals surface area (Å²) in [5.41, 5.74) is 0.679. The molecule has 0 N–H and O–H groups in total. The fraction of sp³-hybridized carbons (Fsp3) is 0.308. The highest BCUT2D eigenvalue weighted by molar-refractivity contribution is 7.89. The number of fused-ring (bicyclic) bond motifs is 1. The van der Waals surface area contributed by atoms with Gasteiger partial charge in [0.2, 0.25) is 10.0 Å². The molecule has 0 amide bonds. The molecule has 2 rings (SSSR count). The summed E-state index contributed by atoms with van der Waals surface area (Å²) in [5, 5.41) is 1.14. The minimum absolute atomic E-state index is 0.0935. The van der Waals surface area contributed by atoms with Crippen LogP contribution in [-0.2, 0) is 10.0 Å². The average Bonchev–Trinajstić information content (AvgIpc) is 2.36. The topological polar surface area (TPSA) is 50.3 Å². The number of benzene rings is 1. The van der Waals surface area contributed by atoms with Gasteiger partial charge in [0.1, 0.15) is 5.15 Å². The van der Waals surface area contributed by atoms with E-state index in [4.69, 9.17) is 11.6 Å². The van der Waals surface area contributed by atoms with Crippen molar-refractivity contribution >= 4 is 32.5 Å². The minimum Gasteiger partial charge on any atom is -0.236 e. The number of rotatable bonds is 3. The van der Waals surface area contributed by atoms with Crippen LogP contribution >= 0.6 is 11.6 Å². The molecular weight excluding hydrogens is 284 g/mol. The van der Waals surface area contributed by atoms with Gasteiger partial charge in [0.15, 0.2) is 0 Å². The van der Waals surface area contributed by atoms with E-state index in [2.05, 4.69) is 4.98 Å². The molecular formula is C13H15ClN2O2S. The van der Waals surface area contributed by atoms with Crippen molar-refractivity contribution in [2.24, 2.45) is 0 Å². The van der Waals surface area contributed by atoms with E-state index < -0.39 is 10.0 Å². The van der Waals surface area contributed by atoms with Crippen molar-refractivity contribution in [3.8, 4) is 0 Å². The maximum atomic E-state index is 12.4. The maximum absolute atomic E-state index is 12.4. The van der Waals surface area contributed by atoms with Crippen LogP contribution in [0.2, 0.25) is 5.15 Å². The van der Waals surface area contributed by atoms with E-state index in [9.17, 15) is 8.42 Å². The van der Waals surface area contributed by atoms with Gasteiger partial charge in [-0.05, 0) is 44.2 Å². The first kappa shape index (κ1) is 14.2. The van der Waals surface area contributed by atoms with Gasteiger partial charge >= 0.3 is 0 Å². The first-order valence-corrected chi connectivity index (χ1v) is 7.68. The summed E-state index contributed by atoms with van der Waals surface area (Å²) in [6.45, 7) is 3.67. The van der Waals surface area contributed by atoms with Crippen molar-refractivity contribution in [1.82, 2.24) is 9.29 Å². The number of nitrogens with zero attached hydrogens (tertiary/aromatic N) is 2. The smallest absolute Gasteiger partial charge is 0.236 e. The second-order valence-electron chi connectivity index (χ2n) is 4.60. The third-order valence-corrected chi connectivity index (χ3v) is 5.27. The molecule has 0 aliphatic heterocycles. The SMILES string of the molecule is CC(C)N(C)S(=O)(=O)c1ccc2nc(Cl)ccc2c1. The molecule has 0 spiro atoms. The lowest BCUT2D eigenvalue weighted by Crippen LogP contribution is -2.33. The van der Waals surface area contributed by atoms with Crippen LogP contribution in [0.3, 0.4) is 0 Å². The molecule has 0 radical (unpaired) electrons. The molecule has 0 fully saturated rings. The third kappa shape index (κ3) is 2.73. The Labute approximate surface area is 118 Å². The molecule has 2 aromatic rings. The number of sulfonamides is 1. The van der Waals surface area contributed by atoms with Gasteiger partial charge in [-0.2, -0.15) is 4.31 Å². The molecule has 0 aliphatic carbocycles. The lowest BCUT2D eigenvalue weighted by Gasteiger charge is -2.21. The standard InChI is InChI=1S/C13H15ClN2O2S/c1-9(2)16(3)19(17,18)11-5-6-12-10(8-11)4-7-13(14)15-12/h4-9H,1-3H3. The highest BCUT2D eigenvalue weighted by Gasteiger charge is 2.23. The molecule has 1 heterocycles. The van der Waals surface area contributed by atoms with Gasteiger partial charge in [0, 0.05) is 18.5 Å². The van der Waals surface area contributed by atoms with E-state index >= 15 is 0 Å². The molecule has 0 unspecified atom stereocenters. The molecule has 102 valence electrons. The van der Waals surface area contributed by atoms with Crippen molar-refractivity contribution in [2.75, 3.05) is 7.05 Å². The number of pyridine rings is 1. The molecule has 0 saturated heterocycles. The van der Waals surface area contributed by atoms with E-state index in [0.29, 0.717) is 10.7 Å². The Morgan fingerprint density at radius 2 is 1.89 bits per heavy atom. The van der Waals surface area contributed by atoms with Gasteiger partial charge < -0.3 is 0 Å². The zero-order valence-electron chi connectivity index (χ0n) is 11.0. The van der Waals surface area contributed by atoms with Gasteiger partial charge in [-0.1, -0.05) is 11.6 Å². The quantitative estimate of drug-likeness (QED) is 0.819. The number of hydrogen-bond acceptors (Lipinski definition) is 3. The highest BCUT2D eigenvalue weighted by atomic mass is 35.5. The summed E-state index contributed by atoms with van der Waals surface area (Å²) in [5.74, 6) is 0. The summed E-state index contributed by atoms with van der Waals surface area (Å²) in [4.78, 5) is 4.40. The zero-order valence-corrected chi connectivity index (χ0v) is 12.5. The molecule has 0 saturated carbocycles. The fourth-order valence-corrected chi connectivity index (χ4v) is 3.24. The van der Waals surface area contributed by atoms with Gasteiger partial charge in [0.05, 0.1) is 10.4 Å². The van der Waals surface area contributed by atoms with Crippen molar-refractivity contribution in [1.29, 1.82) is 0 Å². The maximum Gasteiger partial charge on any atom is 0.243 e. The Morgan fingerprint density at radius 1 is 1.21 bits per heavy atom. The number of halogens is 1. The molecule has 0 bridgehead atoms. The molecule has 6 heteroatoms. The lowest BCUT2D eigenvalue weighted by atomic mass is 10.2. The first-order valence-electron chi connectivity index (χ1n) is 5.87. The average molecular weight is 299 g/mol. The van der Waals surface area contributed by atoms with Crippen LogP contribution < -0.4 is 0 Å². The molecule has 0 aliphatic rings. The molecule has 4 nitrogen and oxygen atoms in total. The van der Waals surface area contributed by atoms with Crippen LogP contribution in [-0.4, -0.2) is 30.8 Å². The largest absolute Gasteiger partial charge is 0.243 e. The van der Waals surface area contributed by atoms with Crippen LogP contribution in [0.4, 0.5) is 0 Å². The van der Waals surface area contributed by atoms with E-state index in [1.807, 2.05) is 13.8 Å². The Morgan fingerprint density at radius 3 is 2.53 bits per heavy atom. The lowest BCUT2D eigenvalue weighted by molar-refractivity contribution is 0.410. The van der Waals surface area contributed by atoms with Crippen molar-refractivity contribution < 1.29 is 8.42 Å². The summed E-state index contributed by atoms with van der Waals surface area (Å²) in [6.07, 6.45) is 0. The highest BCUT2D eigenvalue weighted by Crippen LogP contribution is 2.22. The van der Waals surface area contributed by atoms with Gasteiger partial charge in [-0.15, -0.1) is 0 Å². The second kappa shape index (κ2) is 5.07. The third-order valence-electron chi connectivity index (χ3n) is 3.03. The molecule has 1 aromatic heterocycles. The summed E-state index contributed by atoms with van der Waals surface area (Å²) >= 11 is 5.80. The van der Waals surface area contributed by atoms with Crippen molar-refractivity contribution in [3.63, 3.8) is 0 Å². The summed E-state index contributed by atoms with van der Waals surface area (Å²) in [6, 6.07) is 8.16. The van der Waals surface area contributed by atoms with E-state index in [1.165, 1.54) is 4.31 Å². The van der Waals surface area contributed by atoms with Gasteiger partial charge in [-0.3, -0.25) is 0 Å². The van der Waals surface area contributed by atoms with Crippen LogP contribution in [0, 0.1) is 0 Å². The van der Waals surface area contributed by atoms with Crippen LogP contribution in [0.25, 0.3) is 10.9 Å². The fourth-order valence-electron chi connectivity index (χ4n) is 1.68. The number of hydrogen-bond donors (Lipinski definition) is 0. The molecule has 0 atom stereocenters. The van der Waals surface area contributed by atoms with E-state index in [0.717, 1.165) is 5.39 Å². The predicted octanol–water partition coefficient (Wildman–Crippen LogP) is 2.92. The Balaban J connectivity index is 2.55.